The van der Waals surface area contributed by atoms with E-state index in [4.69, 9.17) is 11.6 Å². The van der Waals surface area contributed by atoms with Gasteiger partial charge in [0.05, 0.1) is 27.1 Å². The van der Waals surface area contributed by atoms with Gasteiger partial charge in [0.2, 0.25) is 5.91 Å². The number of aromatic nitrogens is 2. The fourth-order valence-electron chi connectivity index (χ4n) is 3.34. The van der Waals surface area contributed by atoms with Crippen LogP contribution in [-0.4, -0.2) is 32.6 Å². The van der Waals surface area contributed by atoms with E-state index >= 15 is 0 Å². The Morgan fingerprint density at radius 3 is 2.76 bits per heavy atom. The molecule has 1 aliphatic rings. The Morgan fingerprint density at radius 1 is 1.41 bits per heavy atom. The highest BCUT2D eigenvalue weighted by molar-refractivity contribution is 6.34. The smallest absolute Gasteiger partial charge is 0.270 e. The highest BCUT2D eigenvalue weighted by Gasteiger charge is 2.34. The molecule has 154 valence electrons. The number of carbonyl (C=O) groups excluding carboxylic acids is 2. The molecule has 0 spiro atoms. The molecule has 3 unspecified atom stereocenters. The first-order valence-corrected chi connectivity index (χ1v) is 9.47. The van der Waals surface area contributed by atoms with Crippen molar-refractivity contribution < 1.29 is 14.5 Å². The number of benzene rings is 1. The van der Waals surface area contributed by atoms with Crippen LogP contribution >= 0.6 is 11.6 Å². The van der Waals surface area contributed by atoms with Gasteiger partial charge in [-0.25, -0.2) is 4.68 Å². The number of nitro benzene ring substituents is 1. The van der Waals surface area contributed by atoms with Crippen LogP contribution in [-0.2, 0) is 4.79 Å². The van der Waals surface area contributed by atoms with Gasteiger partial charge in [0, 0.05) is 24.2 Å². The summed E-state index contributed by atoms with van der Waals surface area (Å²) in [5.41, 5.74) is 0.336. The number of aryl methyl sites for hydroxylation is 1. The predicted octanol–water partition coefficient (Wildman–Crippen LogP) is 2.60. The fourth-order valence-corrected chi connectivity index (χ4v) is 3.54. The molecule has 0 bridgehead atoms. The van der Waals surface area contributed by atoms with Gasteiger partial charge in [0.1, 0.15) is 5.82 Å². The third-order valence-corrected chi connectivity index (χ3v) is 5.16. The molecule has 1 fully saturated rings. The molecule has 0 aliphatic carbocycles. The highest BCUT2D eigenvalue weighted by Crippen LogP contribution is 2.25. The number of nitro groups is 1. The second-order valence-corrected chi connectivity index (χ2v) is 7.28. The molecule has 0 saturated carbocycles. The molecule has 2 aromatic rings. The highest BCUT2D eigenvalue weighted by atomic mass is 35.5. The summed E-state index contributed by atoms with van der Waals surface area (Å²) in [4.78, 5) is 35.5. The Balaban J connectivity index is 1.87. The molecular formula is C18H21ClN6O4. The van der Waals surface area contributed by atoms with E-state index in [9.17, 15) is 19.7 Å². The average molecular weight is 421 g/mol. The van der Waals surface area contributed by atoms with Crippen molar-refractivity contribution in [3.63, 3.8) is 0 Å². The van der Waals surface area contributed by atoms with Crippen molar-refractivity contribution in [3.8, 4) is 0 Å². The van der Waals surface area contributed by atoms with Gasteiger partial charge in [-0.15, -0.1) is 0 Å². The van der Waals surface area contributed by atoms with Crippen molar-refractivity contribution in [2.24, 2.45) is 5.92 Å². The third kappa shape index (κ3) is 4.22. The van der Waals surface area contributed by atoms with E-state index in [-0.39, 0.29) is 34.1 Å². The van der Waals surface area contributed by atoms with Crippen molar-refractivity contribution in [1.29, 1.82) is 0 Å². The minimum atomic E-state index is -0.648. The molecule has 1 saturated heterocycles. The average Bonchev–Trinajstić information content (AvgIpc) is 3.01. The minimum absolute atomic E-state index is 0.0358. The zero-order valence-electron chi connectivity index (χ0n) is 16.1. The van der Waals surface area contributed by atoms with Crippen LogP contribution in [0.1, 0.15) is 42.6 Å². The van der Waals surface area contributed by atoms with Crippen molar-refractivity contribution >= 4 is 34.9 Å². The van der Waals surface area contributed by atoms with Crippen LogP contribution in [0.2, 0.25) is 5.02 Å². The van der Waals surface area contributed by atoms with E-state index in [0.29, 0.717) is 17.9 Å². The quantitative estimate of drug-likeness (QED) is 0.503. The van der Waals surface area contributed by atoms with Crippen LogP contribution in [0, 0.1) is 23.0 Å². The number of non-ortho nitro benzene ring substituents is 1. The largest absolute Gasteiger partial charge is 0.322 e. The second kappa shape index (κ2) is 8.18. The molecule has 1 aromatic heterocycles. The van der Waals surface area contributed by atoms with Gasteiger partial charge in [-0.2, -0.15) is 5.10 Å². The van der Waals surface area contributed by atoms with Crippen molar-refractivity contribution in [2.45, 2.75) is 39.5 Å². The van der Waals surface area contributed by atoms with Crippen molar-refractivity contribution in [3.05, 3.63) is 50.7 Å². The molecule has 0 radical (unpaired) electrons. The van der Waals surface area contributed by atoms with Crippen LogP contribution in [0.3, 0.4) is 0 Å². The molecule has 3 N–H and O–H groups in total. The summed E-state index contributed by atoms with van der Waals surface area (Å²) in [5, 5.41) is 24.2. The molecule has 29 heavy (non-hydrogen) atoms. The summed E-state index contributed by atoms with van der Waals surface area (Å²) in [6.07, 6.45) is 0.0459. The van der Waals surface area contributed by atoms with E-state index < -0.39 is 17.1 Å². The Labute approximate surface area is 171 Å². The Hall–Kier alpha value is -2.98. The molecule has 3 atom stereocenters. The number of nitrogens with one attached hydrogen (secondary N) is 3. The summed E-state index contributed by atoms with van der Waals surface area (Å²) in [5.74, 6) is -0.572. The lowest BCUT2D eigenvalue weighted by Crippen LogP contribution is -2.57. The summed E-state index contributed by atoms with van der Waals surface area (Å²) in [6, 6.07) is 5.18. The third-order valence-electron chi connectivity index (χ3n) is 4.83. The second-order valence-electron chi connectivity index (χ2n) is 6.87. The molecule has 1 aromatic carbocycles. The Kier molecular flexibility index (Phi) is 5.85. The topological polar surface area (TPSA) is 131 Å². The number of nitrogens with zero attached hydrogens (tertiary/aromatic N) is 3. The summed E-state index contributed by atoms with van der Waals surface area (Å²) >= 11 is 6.05. The lowest BCUT2D eigenvalue weighted by molar-refractivity contribution is -0.384. The predicted molar refractivity (Wildman–Crippen MR) is 107 cm³/mol. The Bertz CT molecular complexity index is 975. The number of amides is 2. The normalized spacial score (nSPS) is 21.5. The molecule has 2 heterocycles. The maximum Gasteiger partial charge on any atom is 0.270 e. The number of carbonyl (C=O) groups is 2. The molecular weight excluding hydrogens is 400 g/mol. The van der Waals surface area contributed by atoms with Crippen LogP contribution in [0.4, 0.5) is 11.5 Å². The maximum absolute atomic E-state index is 12.7. The number of anilines is 1. The monoisotopic (exact) mass is 420 g/mol. The van der Waals surface area contributed by atoms with Crippen LogP contribution in [0.25, 0.3) is 0 Å². The summed E-state index contributed by atoms with van der Waals surface area (Å²) in [6.45, 7) is 5.60. The molecule has 11 heteroatoms. The zero-order valence-corrected chi connectivity index (χ0v) is 16.9. The van der Waals surface area contributed by atoms with Gasteiger partial charge in [0.25, 0.3) is 11.6 Å². The number of hydrogen-bond donors (Lipinski definition) is 3. The summed E-state index contributed by atoms with van der Waals surface area (Å²) < 4.78 is 1.46. The fraction of sp³-hybridized carbons (Fsp3) is 0.389. The standard InChI is InChI=1S/C18H21ClN6O4/c1-4-12-10(3)20-18(22-16(12)26)24-15(7-9(2)23-24)21-17(27)13-8-11(25(28)29)5-6-14(13)19/h5-8,10,12,18,20H,4H2,1-3H3,(H,21,27)(H,22,26). The van der Waals surface area contributed by atoms with E-state index in [0.717, 1.165) is 6.07 Å². The SMILES string of the molecule is CCC1C(=O)NC(n2nc(C)cc2NC(=O)c2cc([N+](=O)[O-])ccc2Cl)NC1C. The molecule has 3 rings (SSSR count). The van der Waals surface area contributed by atoms with Gasteiger partial charge in [-0.1, -0.05) is 18.5 Å². The molecule has 2 amide bonds. The first-order valence-electron chi connectivity index (χ1n) is 9.09. The summed E-state index contributed by atoms with van der Waals surface area (Å²) in [7, 11) is 0. The van der Waals surface area contributed by atoms with E-state index in [1.807, 2.05) is 13.8 Å². The number of hydrogen-bond acceptors (Lipinski definition) is 6. The number of rotatable bonds is 5. The maximum atomic E-state index is 12.7. The van der Waals surface area contributed by atoms with Crippen LogP contribution in [0.5, 0.6) is 0 Å². The lowest BCUT2D eigenvalue weighted by Gasteiger charge is -2.35. The van der Waals surface area contributed by atoms with Crippen LogP contribution in [0.15, 0.2) is 24.3 Å². The van der Waals surface area contributed by atoms with Gasteiger partial charge >= 0.3 is 0 Å². The van der Waals surface area contributed by atoms with Gasteiger partial charge in [-0.05, 0) is 26.3 Å². The van der Waals surface area contributed by atoms with E-state index in [1.165, 1.54) is 16.8 Å². The zero-order chi connectivity index (χ0) is 21.3. The van der Waals surface area contributed by atoms with Gasteiger partial charge in [0.15, 0.2) is 6.29 Å². The van der Waals surface area contributed by atoms with E-state index in [2.05, 4.69) is 21.0 Å². The van der Waals surface area contributed by atoms with Gasteiger partial charge < -0.3 is 10.6 Å². The first-order chi connectivity index (χ1) is 13.7. The minimum Gasteiger partial charge on any atom is -0.322 e. The lowest BCUT2D eigenvalue weighted by atomic mass is 9.95. The van der Waals surface area contributed by atoms with Gasteiger partial charge in [-0.3, -0.25) is 25.0 Å². The first kappa shape index (κ1) is 20.7. The molecule has 10 nitrogen and oxygen atoms in total. The molecule has 1 aliphatic heterocycles. The Morgan fingerprint density at radius 2 is 2.14 bits per heavy atom. The van der Waals surface area contributed by atoms with Crippen molar-refractivity contribution in [2.75, 3.05) is 5.32 Å². The van der Waals surface area contributed by atoms with Crippen LogP contribution < -0.4 is 16.0 Å². The number of halogens is 1. The van der Waals surface area contributed by atoms with E-state index in [1.54, 1.807) is 13.0 Å². The van der Waals surface area contributed by atoms with Crippen molar-refractivity contribution in [1.82, 2.24) is 20.4 Å².